The van der Waals surface area contributed by atoms with Crippen LogP contribution in [0, 0.1) is 6.92 Å². The number of anilines is 1. The molecule has 146 valence electrons. The van der Waals surface area contributed by atoms with E-state index in [1.807, 2.05) is 31.2 Å². The molecule has 28 heavy (non-hydrogen) atoms. The maximum Gasteiger partial charge on any atom is 0.311 e. The minimum absolute atomic E-state index is 0.0708. The minimum atomic E-state index is -0.417. The van der Waals surface area contributed by atoms with Crippen LogP contribution in [0.4, 0.5) is 5.13 Å². The lowest BCUT2D eigenvalue weighted by atomic mass is 10.2. The fourth-order valence-corrected chi connectivity index (χ4v) is 3.11. The fourth-order valence-electron chi connectivity index (χ4n) is 2.41. The fraction of sp³-hybridized carbons (Fsp3) is 0.250. The molecule has 2 heterocycles. The van der Waals surface area contributed by atoms with Crippen LogP contribution in [-0.4, -0.2) is 23.5 Å². The summed E-state index contributed by atoms with van der Waals surface area (Å²) in [5, 5.41) is 4.75. The van der Waals surface area contributed by atoms with Gasteiger partial charge in [-0.25, -0.2) is 4.98 Å². The second-order valence-corrected chi connectivity index (χ2v) is 6.76. The molecule has 0 atom stereocenters. The van der Waals surface area contributed by atoms with Gasteiger partial charge in [-0.05, 0) is 37.6 Å². The van der Waals surface area contributed by atoms with Crippen LogP contribution in [0.15, 0.2) is 46.2 Å². The van der Waals surface area contributed by atoms with E-state index in [4.69, 9.17) is 13.9 Å². The van der Waals surface area contributed by atoms with E-state index < -0.39 is 5.91 Å². The molecule has 1 aromatic carbocycles. The summed E-state index contributed by atoms with van der Waals surface area (Å²) < 4.78 is 16.1. The van der Waals surface area contributed by atoms with Gasteiger partial charge in [-0.3, -0.25) is 14.9 Å². The van der Waals surface area contributed by atoms with Gasteiger partial charge in [0.05, 0.1) is 18.7 Å². The summed E-state index contributed by atoms with van der Waals surface area (Å²) in [7, 11) is 0. The number of hydrogen-bond acceptors (Lipinski definition) is 7. The van der Waals surface area contributed by atoms with E-state index in [2.05, 4.69) is 10.3 Å². The van der Waals surface area contributed by atoms with Crippen molar-refractivity contribution in [1.29, 1.82) is 0 Å². The lowest BCUT2D eigenvalue weighted by Crippen LogP contribution is -2.11. The van der Waals surface area contributed by atoms with E-state index >= 15 is 0 Å². The molecule has 3 aromatic rings. The standard InChI is InChI=1S/C20H20N2O5S/c1-3-25-18(23)10-14-12-28-20(21-14)22-19(24)17-9-8-15(27-17)11-26-16-7-5-4-6-13(16)2/h4-9,12H,3,10-11H2,1-2H3,(H,21,22,24). The number of rotatable bonds is 8. The van der Waals surface area contributed by atoms with Crippen LogP contribution in [0.5, 0.6) is 5.75 Å². The molecule has 0 unspecified atom stereocenters. The van der Waals surface area contributed by atoms with E-state index in [0.717, 1.165) is 11.3 Å². The maximum absolute atomic E-state index is 12.3. The quantitative estimate of drug-likeness (QED) is 0.575. The van der Waals surface area contributed by atoms with Crippen LogP contribution in [0.2, 0.25) is 0 Å². The number of amides is 1. The number of aromatic nitrogens is 1. The molecule has 0 fully saturated rings. The lowest BCUT2D eigenvalue weighted by Gasteiger charge is -2.06. The lowest BCUT2D eigenvalue weighted by molar-refractivity contribution is -0.142. The molecule has 0 saturated carbocycles. The van der Waals surface area contributed by atoms with Gasteiger partial charge < -0.3 is 13.9 Å². The highest BCUT2D eigenvalue weighted by atomic mass is 32.1. The van der Waals surface area contributed by atoms with E-state index in [-0.39, 0.29) is 24.8 Å². The highest BCUT2D eigenvalue weighted by Crippen LogP contribution is 2.20. The van der Waals surface area contributed by atoms with Crippen molar-refractivity contribution in [3.05, 3.63) is 64.6 Å². The summed E-state index contributed by atoms with van der Waals surface area (Å²) in [6.45, 7) is 4.24. The molecule has 0 spiro atoms. The zero-order chi connectivity index (χ0) is 19.9. The van der Waals surface area contributed by atoms with Crippen LogP contribution < -0.4 is 10.1 Å². The number of furan rings is 1. The van der Waals surface area contributed by atoms with Gasteiger partial charge in [0.1, 0.15) is 18.1 Å². The SMILES string of the molecule is CCOC(=O)Cc1csc(NC(=O)c2ccc(COc3ccccc3C)o2)n1. The summed E-state index contributed by atoms with van der Waals surface area (Å²) >= 11 is 1.23. The zero-order valence-electron chi connectivity index (χ0n) is 15.6. The Morgan fingerprint density at radius 2 is 2.04 bits per heavy atom. The van der Waals surface area contributed by atoms with Crippen molar-refractivity contribution in [1.82, 2.24) is 4.98 Å². The molecule has 1 N–H and O–H groups in total. The molecule has 0 radical (unpaired) electrons. The first kappa shape index (κ1) is 19.6. The van der Waals surface area contributed by atoms with Gasteiger partial charge in [0.15, 0.2) is 10.9 Å². The number of benzene rings is 1. The van der Waals surface area contributed by atoms with Gasteiger partial charge in [-0.15, -0.1) is 11.3 Å². The van der Waals surface area contributed by atoms with Gasteiger partial charge in [0.25, 0.3) is 5.91 Å². The van der Waals surface area contributed by atoms with Crippen LogP contribution in [-0.2, 0) is 22.6 Å². The van der Waals surface area contributed by atoms with Crippen LogP contribution in [0.3, 0.4) is 0 Å². The van der Waals surface area contributed by atoms with Crippen LogP contribution in [0.25, 0.3) is 0 Å². The Morgan fingerprint density at radius 1 is 1.21 bits per heavy atom. The van der Waals surface area contributed by atoms with E-state index in [9.17, 15) is 9.59 Å². The van der Waals surface area contributed by atoms with Crippen molar-refractivity contribution < 1.29 is 23.5 Å². The van der Waals surface area contributed by atoms with Gasteiger partial charge in [0.2, 0.25) is 0 Å². The normalized spacial score (nSPS) is 10.5. The Balaban J connectivity index is 1.55. The summed E-state index contributed by atoms with van der Waals surface area (Å²) in [5.41, 5.74) is 1.57. The Kier molecular flexibility index (Phi) is 6.44. The Labute approximate surface area is 166 Å². The molecule has 0 bridgehead atoms. The monoisotopic (exact) mass is 400 g/mol. The number of ether oxygens (including phenoxy) is 2. The number of nitrogens with zero attached hydrogens (tertiary/aromatic N) is 1. The Bertz CT molecular complexity index is 963. The number of esters is 1. The van der Waals surface area contributed by atoms with E-state index in [0.29, 0.717) is 23.2 Å². The van der Waals surface area contributed by atoms with E-state index in [1.54, 1.807) is 24.4 Å². The second-order valence-electron chi connectivity index (χ2n) is 5.90. The number of nitrogens with one attached hydrogen (secondary N) is 1. The average Bonchev–Trinajstić information content (AvgIpc) is 3.31. The van der Waals surface area contributed by atoms with Gasteiger partial charge >= 0.3 is 5.97 Å². The van der Waals surface area contributed by atoms with Gasteiger partial charge in [-0.1, -0.05) is 18.2 Å². The summed E-state index contributed by atoms with van der Waals surface area (Å²) in [4.78, 5) is 28.0. The molecule has 2 aromatic heterocycles. The third kappa shape index (κ3) is 5.20. The third-order valence-electron chi connectivity index (χ3n) is 3.75. The molecule has 3 rings (SSSR count). The molecular weight excluding hydrogens is 380 g/mol. The first-order valence-electron chi connectivity index (χ1n) is 8.73. The predicted octanol–water partition coefficient (Wildman–Crippen LogP) is 3.98. The van der Waals surface area contributed by atoms with Gasteiger partial charge in [0, 0.05) is 5.38 Å². The Morgan fingerprint density at radius 3 is 2.82 bits per heavy atom. The summed E-state index contributed by atoms with van der Waals surface area (Å²) in [5.74, 6) is 0.692. The average molecular weight is 400 g/mol. The van der Waals surface area contributed by atoms with Crippen molar-refractivity contribution in [3.63, 3.8) is 0 Å². The molecule has 0 aliphatic rings. The minimum Gasteiger partial charge on any atom is -0.485 e. The highest BCUT2D eigenvalue weighted by molar-refractivity contribution is 7.14. The topological polar surface area (TPSA) is 90.7 Å². The van der Waals surface area contributed by atoms with Crippen molar-refractivity contribution in [2.45, 2.75) is 26.9 Å². The molecule has 0 aliphatic carbocycles. The zero-order valence-corrected chi connectivity index (χ0v) is 16.4. The number of thiazole rings is 1. The first-order valence-corrected chi connectivity index (χ1v) is 9.61. The predicted molar refractivity (Wildman–Crippen MR) is 105 cm³/mol. The highest BCUT2D eigenvalue weighted by Gasteiger charge is 2.15. The number of aryl methyl sites for hydroxylation is 1. The summed E-state index contributed by atoms with van der Waals surface area (Å²) in [6, 6.07) is 10.9. The van der Waals surface area contributed by atoms with E-state index in [1.165, 1.54) is 11.3 Å². The molecule has 0 saturated heterocycles. The molecule has 7 nitrogen and oxygen atoms in total. The third-order valence-corrected chi connectivity index (χ3v) is 4.56. The van der Waals surface area contributed by atoms with Gasteiger partial charge in [-0.2, -0.15) is 0 Å². The van der Waals surface area contributed by atoms with Crippen LogP contribution >= 0.6 is 11.3 Å². The number of hydrogen-bond donors (Lipinski definition) is 1. The van der Waals surface area contributed by atoms with Crippen molar-refractivity contribution in [2.24, 2.45) is 0 Å². The van der Waals surface area contributed by atoms with Crippen molar-refractivity contribution >= 4 is 28.3 Å². The largest absolute Gasteiger partial charge is 0.485 e. The molecule has 1 amide bonds. The van der Waals surface area contributed by atoms with Crippen LogP contribution in [0.1, 0.15) is 34.5 Å². The number of carbonyl (C=O) groups excluding carboxylic acids is 2. The molecule has 8 heteroatoms. The summed E-state index contributed by atoms with van der Waals surface area (Å²) in [6.07, 6.45) is 0.0708. The number of carbonyl (C=O) groups is 2. The van der Waals surface area contributed by atoms with Crippen molar-refractivity contribution in [2.75, 3.05) is 11.9 Å². The Hall–Kier alpha value is -3.13. The van der Waals surface area contributed by atoms with Crippen molar-refractivity contribution in [3.8, 4) is 5.75 Å². The smallest absolute Gasteiger partial charge is 0.311 e. The maximum atomic E-state index is 12.3. The molecule has 0 aliphatic heterocycles. The molecular formula is C20H20N2O5S. The first-order chi connectivity index (χ1) is 13.5. The second kappa shape index (κ2) is 9.18. The number of para-hydroxylation sites is 1.